The van der Waals surface area contributed by atoms with Crippen molar-refractivity contribution in [3.05, 3.63) is 57.3 Å². The van der Waals surface area contributed by atoms with Crippen LogP contribution in [0.15, 0.2) is 36.4 Å². The standard InChI is InChI=1S/C15H14O3S/c1-10-2-4-11(5-3-10)14(16)12-6-7-13(19-12)15-17-8-9-18-15/h2-7,15H,8-9H2,1H3. The van der Waals surface area contributed by atoms with Crippen LogP contribution >= 0.6 is 11.3 Å². The van der Waals surface area contributed by atoms with Gasteiger partial charge in [0.2, 0.25) is 5.78 Å². The normalized spacial score (nSPS) is 15.8. The molecule has 1 aliphatic rings. The zero-order valence-electron chi connectivity index (χ0n) is 10.6. The Morgan fingerprint density at radius 1 is 1.11 bits per heavy atom. The lowest BCUT2D eigenvalue weighted by molar-refractivity contribution is -0.0413. The molecule has 1 aliphatic heterocycles. The second kappa shape index (κ2) is 5.25. The van der Waals surface area contributed by atoms with Crippen LogP contribution in [0.5, 0.6) is 0 Å². The number of benzene rings is 1. The van der Waals surface area contributed by atoms with Crippen LogP contribution in [0, 0.1) is 6.92 Å². The van der Waals surface area contributed by atoms with Crippen LogP contribution in [0.4, 0.5) is 0 Å². The molecule has 0 bridgehead atoms. The molecule has 2 aromatic rings. The molecule has 19 heavy (non-hydrogen) atoms. The number of hydrogen-bond acceptors (Lipinski definition) is 4. The predicted octanol–water partition coefficient (Wildman–Crippen LogP) is 3.33. The average Bonchev–Trinajstić information content (AvgIpc) is 3.10. The molecule has 4 heteroatoms. The highest BCUT2D eigenvalue weighted by atomic mass is 32.1. The minimum atomic E-state index is -0.301. The van der Waals surface area contributed by atoms with Gasteiger partial charge in [0.25, 0.3) is 0 Å². The van der Waals surface area contributed by atoms with Crippen molar-refractivity contribution >= 4 is 17.1 Å². The lowest BCUT2D eigenvalue weighted by atomic mass is 10.1. The molecule has 0 amide bonds. The van der Waals surface area contributed by atoms with Crippen LogP contribution in [0.25, 0.3) is 0 Å². The summed E-state index contributed by atoms with van der Waals surface area (Å²) < 4.78 is 10.9. The largest absolute Gasteiger partial charge is 0.345 e. The number of rotatable bonds is 3. The van der Waals surface area contributed by atoms with Crippen LogP contribution in [0.1, 0.15) is 32.0 Å². The summed E-state index contributed by atoms with van der Waals surface area (Å²) in [4.78, 5) is 14.0. The van der Waals surface area contributed by atoms with E-state index in [2.05, 4.69) is 0 Å². The first kappa shape index (κ1) is 12.5. The first-order valence-electron chi connectivity index (χ1n) is 6.18. The maximum absolute atomic E-state index is 12.3. The van der Waals surface area contributed by atoms with Gasteiger partial charge in [0.15, 0.2) is 6.29 Å². The van der Waals surface area contributed by atoms with E-state index in [1.807, 2.05) is 43.3 Å². The number of hydrogen-bond donors (Lipinski definition) is 0. The second-order valence-corrected chi connectivity index (χ2v) is 5.59. The number of ether oxygens (including phenoxy) is 2. The summed E-state index contributed by atoms with van der Waals surface area (Å²) in [5.74, 6) is 0.0502. The Hall–Kier alpha value is -1.49. The molecule has 0 N–H and O–H groups in total. The van der Waals surface area contributed by atoms with Gasteiger partial charge >= 0.3 is 0 Å². The Morgan fingerprint density at radius 3 is 2.47 bits per heavy atom. The predicted molar refractivity (Wildman–Crippen MR) is 73.6 cm³/mol. The molecule has 2 heterocycles. The molecule has 0 saturated carbocycles. The number of thiophene rings is 1. The summed E-state index contributed by atoms with van der Waals surface area (Å²) in [5.41, 5.74) is 1.86. The van der Waals surface area contributed by atoms with Crippen LogP contribution < -0.4 is 0 Å². The highest BCUT2D eigenvalue weighted by Gasteiger charge is 2.21. The van der Waals surface area contributed by atoms with Crippen molar-refractivity contribution in [2.45, 2.75) is 13.2 Å². The van der Waals surface area contributed by atoms with E-state index in [4.69, 9.17) is 9.47 Å². The maximum atomic E-state index is 12.3. The van der Waals surface area contributed by atoms with Gasteiger partial charge in [-0.15, -0.1) is 11.3 Å². The van der Waals surface area contributed by atoms with Crippen LogP contribution in [0.2, 0.25) is 0 Å². The molecule has 3 nitrogen and oxygen atoms in total. The first-order chi connectivity index (χ1) is 9.24. The van der Waals surface area contributed by atoms with Crippen molar-refractivity contribution in [2.75, 3.05) is 13.2 Å². The van der Waals surface area contributed by atoms with Gasteiger partial charge in [-0.05, 0) is 19.1 Å². The average molecular weight is 274 g/mol. The fraction of sp³-hybridized carbons (Fsp3) is 0.267. The molecule has 1 aromatic heterocycles. The van der Waals surface area contributed by atoms with E-state index < -0.39 is 0 Å². The molecule has 0 spiro atoms. The molecule has 1 fully saturated rings. The van der Waals surface area contributed by atoms with Gasteiger partial charge in [-0.1, -0.05) is 29.8 Å². The quantitative estimate of drug-likeness (QED) is 0.805. The summed E-state index contributed by atoms with van der Waals surface area (Å²) in [6, 6.07) is 11.4. The van der Waals surface area contributed by atoms with Crippen LogP contribution in [-0.4, -0.2) is 19.0 Å². The van der Waals surface area contributed by atoms with E-state index in [0.717, 1.165) is 15.3 Å². The molecule has 0 atom stereocenters. The van der Waals surface area contributed by atoms with Gasteiger partial charge in [-0.2, -0.15) is 0 Å². The van der Waals surface area contributed by atoms with Crippen molar-refractivity contribution in [2.24, 2.45) is 0 Å². The van der Waals surface area contributed by atoms with E-state index >= 15 is 0 Å². The van der Waals surface area contributed by atoms with Gasteiger partial charge < -0.3 is 9.47 Å². The zero-order chi connectivity index (χ0) is 13.2. The lowest BCUT2D eigenvalue weighted by Gasteiger charge is -2.04. The zero-order valence-corrected chi connectivity index (χ0v) is 11.4. The minimum Gasteiger partial charge on any atom is -0.345 e. The van der Waals surface area contributed by atoms with Gasteiger partial charge in [0.1, 0.15) is 0 Å². The third-order valence-corrected chi connectivity index (χ3v) is 4.12. The monoisotopic (exact) mass is 274 g/mol. The summed E-state index contributed by atoms with van der Waals surface area (Å²) in [6.07, 6.45) is -0.301. The molecular formula is C15H14O3S. The number of carbonyl (C=O) groups excluding carboxylic acids is 1. The third kappa shape index (κ3) is 2.61. The van der Waals surface area contributed by atoms with Gasteiger partial charge in [-0.25, -0.2) is 0 Å². The first-order valence-corrected chi connectivity index (χ1v) is 7.00. The topological polar surface area (TPSA) is 35.5 Å². The lowest BCUT2D eigenvalue weighted by Crippen LogP contribution is -1.98. The summed E-state index contributed by atoms with van der Waals surface area (Å²) in [7, 11) is 0. The Bertz CT molecular complexity index is 580. The molecule has 1 aromatic carbocycles. The van der Waals surface area contributed by atoms with Crippen molar-refractivity contribution in [1.82, 2.24) is 0 Å². The Kier molecular flexibility index (Phi) is 3.46. The van der Waals surface area contributed by atoms with Gasteiger partial charge in [-0.3, -0.25) is 4.79 Å². The van der Waals surface area contributed by atoms with Crippen LogP contribution in [-0.2, 0) is 9.47 Å². The molecule has 1 saturated heterocycles. The molecule has 0 aliphatic carbocycles. The van der Waals surface area contributed by atoms with Crippen molar-refractivity contribution in [3.63, 3.8) is 0 Å². The Morgan fingerprint density at radius 2 is 1.79 bits per heavy atom. The highest BCUT2D eigenvalue weighted by Crippen LogP contribution is 2.30. The number of ketones is 1. The van der Waals surface area contributed by atoms with E-state index in [1.165, 1.54) is 11.3 Å². The second-order valence-electron chi connectivity index (χ2n) is 4.47. The van der Waals surface area contributed by atoms with E-state index in [-0.39, 0.29) is 12.1 Å². The van der Waals surface area contributed by atoms with Crippen molar-refractivity contribution < 1.29 is 14.3 Å². The fourth-order valence-electron chi connectivity index (χ4n) is 1.97. The molecule has 0 radical (unpaired) electrons. The highest BCUT2D eigenvalue weighted by molar-refractivity contribution is 7.14. The Balaban J connectivity index is 1.82. The summed E-state index contributed by atoms with van der Waals surface area (Å²) in [6.45, 7) is 3.24. The van der Waals surface area contributed by atoms with Gasteiger partial charge in [0, 0.05) is 5.56 Å². The maximum Gasteiger partial charge on any atom is 0.202 e. The van der Waals surface area contributed by atoms with Crippen LogP contribution in [0.3, 0.4) is 0 Å². The fourth-order valence-corrected chi connectivity index (χ4v) is 2.94. The van der Waals surface area contributed by atoms with E-state index in [9.17, 15) is 4.79 Å². The minimum absolute atomic E-state index is 0.0502. The smallest absolute Gasteiger partial charge is 0.202 e. The van der Waals surface area contributed by atoms with Crippen molar-refractivity contribution in [3.8, 4) is 0 Å². The Labute approximate surface area is 115 Å². The SMILES string of the molecule is Cc1ccc(C(=O)c2ccc(C3OCCO3)s2)cc1. The van der Waals surface area contributed by atoms with Gasteiger partial charge in [0.05, 0.1) is 23.0 Å². The third-order valence-electron chi connectivity index (χ3n) is 3.02. The van der Waals surface area contributed by atoms with Crippen molar-refractivity contribution in [1.29, 1.82) is 0 Å². The molecular weight excluding hydrogens is 260 g/mol. The molecule has 0 unspecified atom stereocenters. The number of aryl methyl sites for hydroxylation is 1. The summed E-state index contributed by atoms with van der Waals surface area (Å²) in [5, 5.41) is 0. The van der Waals surface area contributed by atoms with E-state index in [0.29, 0.717) is 18.8 Å². The summed E-state index contributed by atoms with van der Waals surface area (Å²) >= 11 is 1.44. The molecule has 98 valence electrons. The number of carbonyl (C=O) groups is 1. The van der Waals surface area contributed by atoms with E-state index in [1.54, 1.807) is 0 Å². The molecule has 3 rings (SSSR count).